The zero-order valence-electron chi connectivity index (χ0n) is 51.4. The van der Waals surface area contributed by atoms with E-state index in [2.05, 4.69) is 85.0 Å². The molecule has 17 aromatic rings. The van der Waals surface area contributed by atoms with Gasteiger partial charge in [0, 0.05) is 65.3 Å². The van der Waals surface area contributed by atoms with E-state index in [9.17, 15) is 42.1 Å². The Hall–Kier alpha value is -15.2. The first kappa shape index (κ1) is 56.8. The minimum atomic E-state index is 0.341. The number of fused-ring (bicyclic) bond motifs is 12. The molecule has 14 heteroatoms. The lowest BCUT2D eigenvalue weighted by Crippen LogP contribution is -2.16. The molecule has 0 aliphatic rings. The van der Waals surface area contributed by atoms with Crippen LogP contribution in [0.25, 0.3) is 155 Å². The molecule has 17 rings (SSSR count). The molecular formula is C84H40N14. The van der Waals surface area contributed by atoms with E-state index in [-0.39, 0.29) is 0 Å². The number of hydrogen-bond acceptors (Lipinski definition) is 10. The molecule has 0 saturated heterocycles. The molecule has 0 radical (unpaired) electrons. The summed E-state index contributed by atoms with van der Waals surface area (Å²) in [5, 5.41) is 90.8. The van der Waals surface area contributed by atoms with Crippen LogP contribution < -0.4 is 0 Å². The molecule has 11 aromatic carbocycles. The summed E-state index contributed by atoms with van der Waals surface area (Å²) in [6.45, 7) is 0. The van der Waals surface area contributed by atoms with E-state index in [1.54, 1.807) is 48.5 Å². The third-order valence-corrected chi connectivity index (χ3v) is 18.6. The molecule has 0 N–H and O–H groups in total. The number of rotatable bonds is 8. The van der Waals surface area contributed by atoms with Crippen LogP contribution in [-0.4, -0.2) is 28.2 Å². The van der Waals surface area contributed by atoms with Crippen LogP contribution >= 0.6 is 0 Å². The standard InChI is InChI=1S/C84H40N14/c85-41-49-15-25-71-62(33-49)63-34-50(42-86)16-26-72(63)95(71)81-79(60-14-8-7-13-59(60)61-23-24-70(57-9-3-1-4-10-57)93-80(61)58-11-5-2-6-12-58)82(96-73-27-17-51(43-87)35-64(73)65-36-52(44-88)18-28-74(65)96)84(98-77-31-21-55(47-91)39-68(77)69-40-56(48-92)22-32-78(69)98)94-83(81)97-75-29-19-53(45-89)37-66(75)67-38-54(46-90)20-30-76(67)97/h1-40H. The molecule has 0 unspecified atom stereocenters. The van der Waals surface area contributed by atoms with Gasteiger partial charge in [-0.05, 0) is 169 Å². The number of nitrogens with zero attached hydrogens (tertiary/aromatic N) is 14. The molecule has 0 bridgehead atoms. The highest BCUT2D eigenvalue weighted by molar-refractivity contribution is 6.17. The smallest absolute Gasteiger partial charge is 0.165 e. The summed E-state index contributed by atoms with van der Waals surface area (Å²) in [7, 11) is 0. The molecule has 0 aliphatic heterocycles. The average molecular weight is 1250 g/mol. The van der Waals surface area contributed by atoms with Crippen molar-refractivity contribution < 1.29 is 0 Å². The molecule has 446 valence electrons. The molecule has 0 amide bonds. The Balaban J connectivity index is 1.20. The largest absolute Gasteiger partial charge is 0.305 e. The normalized spacial score (nSPS) is 11.2. The highest BCUT2D eigenvalue weighted by Gasteiger charge is 2.35. The Morgan fingerprint density at radius 1 is 0.235 bits per heavy atom. The van der Waals surface area contributed by atoms with Crippen molar-refractivity contribution in [2.75, 3.05) is 0 Å². The number of hydrogen-bond donors (Lipinski definition) is 0. The molecule has 14 nitrogen and oxygen atoms in total. The van der Waals surface area contributed by atoms with Crippen LogP contribution in [-0.2, 0) is 0 Å². The highest BCUT2D eigenvalue weighted by atomic mass is 15.2. The minimum Gasteiger partial charge on any atom is -0.305 e. The SMILES string of the molecule is N#Cc1ccc2c(c1)c1cc(C#N)ccc1n2-c1nc(-n2c3ccc(C#N)cc3c3cc(C#N)ccc32)c(-n2c3ccc(C#N)cc3c3cc(C#N)ccc32)c(-c2ccccc2-c2ccc(-c3ccccc3)nc2-c2ccccc2)c1-n1c2ccc(C#N)cc2c2cc(C#N)ccc21. The topological polar surface area (TPSA) is 236 Å². The van der Waals surface area contributed by atoms with Crippen molar-refractivity contribution in [1.29, 1.82) is 42.1 Å². The van der Waals surface area contributed by atoms with E-state index in [0.29, 0.717) is 172 Å². The summed E-state index contributed by atoms with van der Waals surface area (Å²) < 4.78 is 8.43. The Morgan fingerprint density at radius 3 is 0.816 bits per heavy atom. The van der Waals surface area contributed by atoms with E-state index in [4.69, 9.17) is 9.97 Å². The number of aromatic nitrogens is 6. The Labute approximate surface area is 558 Å². The third-order valence-electron chi connectivity index (χ3n) is 18.6. The van der Waals surface area contributed by atoms with Crippen LogP contribution in [0.1, 0.15) is 44.5 Å². The van der Waals surface area contributed by atoms with Crippen molar-refractivity contribution in [3.05, 3.63) is 287 Å². The first-order valence-corrected chi connectivity index (χ1v) is 31.1. The first-order valence-electron chi connectivity index (χ1n) is 31.1. The van der Waals surface area contributed by atoms with Gasteiger partial charge in [-0.15, -0.1) is 0 Å². The molecule has 98 heavy (non-hydrogen) atoms. The molecular weight excluding hydrogens is 1210 g/mol. The van der Waals surface area contributed by atoms with Gasteiger partial charge < -0.3 is 9.13 Å². The van der Waals surface area contributed by atoms with E-state index < -0.39 is 0 Å². The van der Waals surface area contributed by atoms with E-state index in [1.165, 1.54) is 0 Å². The van der Waals surface area contributed by atoms with Crippen molar-refractivity contribution in [1.82, 2.24) is 28.2 Å². The van der Waals surface area contributed by atoms with Gasteiger partial charge in [0.05, 0.1) is 149 Å². The monoisotopic (exact) mass is 1240 g/mol. The fourth-order valence-electron chi connectivity index (χ4n) is 14.3. The van der Waals surface area contributed by atoms with Crippen LogP contribution in [0.5, 0.6) is 0 Å². The van der Waals surface area contributed by atoms with Crippen LogP contribution in [0.15, 0.2) is 243 Å². The van der Waals surface area contributed by atoms with Crippen molar-refractivity contribution in [3.8, 4) is 116 Å². The second-order valence-corrected chi connectivity index (χ2v) is 23.8. The maximum atomic E-state index is 10.7. The first-order chi connectivity index (χ1) is 48.2. The minimum absolute atomic E-state index is 0.341. The summed E-state index contributed by atoms with van der Waals surface area (Å²) in [5.74, 6) is 0.681. The van der Waals surface area contributed by atoms with Gasteiger partial charge >= 0.3 is 0 Å². The molecule has 0 atom stereocenters. The average Bonchev–Trinajstić information content (AvgIpc) is 1.46. The maximum Gasteiger partial charge on any atom is 0.165 e. The van der Waals surface area contributed by atoms with Gasteiger partial charge in [-0.3, -0.25) is 9.13 Å². The lowest BCUT2D eigenvalue weighted by Gasteiger charge is -2.28. The summed E-state index contributed by atoms with van der Waals surface area (Å²) >= 11 is 0. The highest BCUT2D eigenvalue weighted by Crippen LogP contribution is 2.52. The summed E-state index contributed by atoms with van der Waals surface area (Å²) in [5.41, 5.74) is 15.0. The van der Waals surface area contributed by atoms with Crippen molar-refractivity contribution in [2.24, 2.45) is 0 Å². The van der Waals surface area contributed by atoms with Crippen molar-refractivity contribution in [3.63, 3.8) is 0 Å². The van der Waals surface area contributed by atoms with E-state index >= 15 is 0 Å². The molecule has 0 aliphatic carbocycles. The zero-order chi connectivity index (χ0) is 66.4. The molecule has 6 heterocycles. The number of nitriles is 8. The third kappa shape index (κ3) is 8.60. The number of benzene rings is 11. The lowest BCUT2D eigenvalue weighted by molar-refractivity contribution is 0.961. The molecule has 0 fully saturated rings. The van der Waals surface area contributed by atoms with Gasteiger partial charge in [-0.2, -0.15) is 42.1 Å². The van der Waals surface area contributed by atoms with Gasteiger partial charge in [0.2, 0.25) is 0 Å². The summed E-state index contributed by atoms with van der Waals surface area (Å²) in [4.78, 5) is 11.9. The second kappa shape index (κ2) is 22.3. The van der Waals surface area contributed by atoms with Gasteiger partial charge in [-0.25, -0.2) is 9.97 Å². The molecule has 0 spiro atoms. The predicted octanol–water partition coefficient (Wildman–Crippen LogP) is 18.5. The zero-order valence-corrected chi connectivity index (χ0v) is 51.4. The van der Waals surface area contributed by atoms with Gasteiger partial charge in [0.1, 0.15) is 11.4 Å². The van der Waals surface area contributed by atoms with Crippen molar-refractivity contribution in [2.45, 2.75) is 0 Å². The molecule has 6 aromatic heterocycles. The predicted molar refractivity (Wildman–Crippen MR) is 379 cm³/mol. The maximum absolute atomic E-state index is 10.7. The lowest BCUT2D eigenvalue weighted by atomic mass is 9.89. The summed E-state index contributed by atoms with van der Waals surface area (Å²) in [6, 6.07) is 95.2. The van der Waals surface area contributed by atoms with E-state index in [1.807, 2.05) is 176 Å². The van der Waals surface area contributed by atoms with Crippen LogP contribution in [0.2, 0.25) is 0 Å². The second-order valence-electron chi connectivity index (χ2n) is 23.8. The fraction of sp³-hybridized carbons (Fsp3) is 0. The Kier molecular flexibility index (Phi) is 12.9. The van der Waals surface area contributed by atoms with E-state index in [0.717, 1.165) is 27.9 Å². The Bertz CT molecular complexity index is 6170. The Morgan fingerprint density at radius 2 is 0.510 bits per heavy atom. The quantitative estimate of drug-likeness (QED) is 0.139. The van der Waals surface area contributed by atoms with Gasteiger partial charge in [-0.1, -0.05) is 84.9 Å². The van der Waals surface area contributed by atoms with Gasteiger partial charge in [0.15, 0.2) is 11.6 Å². The van der Waals surface area contributed by atoms with Crippen molar-refractivity contribution >= 4 is 87.2 Å². The molecule has 0 saturated carbocycles. The fourth-order valence-corrected chi connectivity index (χ4v) is 14.3. The van der Waals surface area contributed by atoms with Crippen LogP contribution in [0, 0.1) is 90.6 Å². The number of pyridine rings is 2. The summed E-state index contributed by atoms with van der Waals surface area (Å²) in [6.07, 6.45) is 0. The van der Waals surface area contributed by atoms with Crippen LogP contribution in [0.3, 0.4) is 0 Å². The van der Waals surface area contributed by atoms with Gasteiger partial charge in [0.25, 0.3) is 0 Å². The van der Waals surface area contributed by atoms with Crippen LogP contribution in [0.4, 0.5) is 0 Å².